The van der Waals surface area contributed by atoms with Gasteiger partial charge in [0.15, 0.2) is 5.16 Å². The Morgan fingerprint density at radius 2 is 1.71 bits per heavy atom. The van der Waals surface area contributed by atoms with E-state index < -0.39 is 0 Å². The maximum Gasteiger partial charge on any atom is 0.242 e. The highest BCUT2D eigenvalue weighted by molar-refractivity contribution is 7.99. The minimum Gasteiger partial charge on any atom is -0.375 e. The van der Waals surface area contributed by atoms with Crippen LogP contribution in [0.25, 0.3) is 0 Å². The number of aryl methyl sites for hydroxylation is 2. The van der Waals surface area contributed by atoms with Crippen molar-refractivity contribution in [3.63, 3.8) is 0 Å². The monoisotopic (exact) mass is 391 g/mol. The Labute approximate surface area is 168 Å². The molecule has 0 bridgehead atoms. The third kappa shape index (κ3) is 3.23. The first-order valence-electron chi connectivity index (χ1n) is 9.56. The van der Waals surface area contributed by atoms with Crippen molar-refractivity contribution in [3.05, 3.63) is 71.0 Å². The third-order valence-electron chi connectivity index (χ3n) is 5.28. The van der Waals surface area contributed by atoms with Gasteiger partial charge in [0.05, 0.1) is 41.7 Å². The normalized spacial score (nSPS) is 15.4. The van der Waals surface area contributed by atoms with Gasteiger partial charge in [-0.15, -0.1) is 0 Å². The number of aromatic amines is 1. The topological polar surface area (TPSA) is 58.2 Å². The number of benzene rings is 2. The van der Waals surface area contributed by atoms with Gasteiger partial charge in [-0.2, -0.15) is 0 Å². The van der Waals surface area contributed by atoms with E-state index in [4.69, 9.17) is 4.74 Å². The molecule has 1 N–H and O–H groups in total. The van der Waals surface area contributed by atoms with E-state index in [0.717, 1.165) is 47.2 Å². The number of imidazole rings is 1. The first-order valence-corrected chi connectivity index (χ1v) is 10.6. The molecule has 0 aliphatic carbocycles. The van der Waals surface area contributed by atoms with Crippen LogP contribution < -0.4 is 4.90 Å². The van der Waals surface area contributed by atoms with E-state index in [2.05, 4.69) is 22.1 Å². The van der Waals surface area contributed by atoms with Gasteiger partial charge >= 0.3 is 0 Å². The van der Waals surface area contributed by atoms with Crippen LogP contribution in [-0.4, -0.2) is 28.2 Å². The molecule has 2 aliphatic heterocycles. The Balaban J connectivity index is 1.43. The highest BCUT2D eigenvalue weighted by Crippen LogP contribution is 2.36. The zero-order valence-corrected chi connectivity index (χ0v) is 16.3. The van der Waals surface area contributed by atoms with E-state index in [1.807, 2.05) is 41.3 Å². The van der Waals surface area contributed by atoms with Gasteiger partial charge in [-0.25, -0.2) is 4.98 Å². The van der Waals surface area contributed by atoms with Crippen molar-refractivity contribution in [3.8, 4) is 0 Å². The van der Waals surface area contributed by atoms with Gasteiger partial charge in [-0.3, -0.25) is 9.69 Å². The van der Waals surface area contributed by atoms with Crippen molar-refractivity contribution >= 4 is 29.0 Å². The van der Waals surface area contributed by atoms with E-state index in [9.17, 15) is 4.79 Å². The van der Waals surface area contributed by atoms with Crippen molar-refractivity contribution in [1.29, 1.82) is 0 Å². The highest BCUT2D eigenvalue weighted by atomic mass is 32.2. The molecule has 3 aromatic rings. The molecule has 0 unspecified atom stereocenters. The van der Waals surface area contributed by atoms with E-state index in [0.29, 0.717) is 19.0 Å². The van der Waals surface area contributed by atoms with E-state index in [1.54, 1.807) is 0 Å². The summed E-state index contributed by atoms with van der Waals surface area (Å²) >= 11 is 1.46. The van der Waals surface area contributed by atoms with Crippen molar-refractivity contribution in [2.24, 2.45) is 0 Å². The summed E-state index contributed by atoms with van der Waals surface area (Å²) in [5.74, 6) is 0.396. The number of nitrogens with one attached hydrogen (secondary N) is 1. The standard InChI is InChI=1S/C22H21N3O2S/c26-21(14-28-22-23-17-11-12-27-13-18(17)24-22)25-19-7-3-1-5-15(19)9-10-16-6-2-4-8-20(16)25/h1-8H,9-14H2,(H,23,24). The molecule has 1 amide bonds. The lowest BCUT2D eigenvalue weighted by Crippen LogP contribution is -2.28. The third-order valence-corrected chi connectivity index (χ3v) is 6.14. The summed E-state index contributed by atoms with van der Waals surface area (Å²) in [5, 5.41) is 0.792. The smallest absolute Gasteiger partial charge is 0.242 e. The zero-order valence-electron chi connectivity index (χ0n) is 15.5. The number of para-hydroxylation sites is 2. The average Bonchev–Trinajstić information content (AvgIpc) is 3.07. The number of hydrogen-bond acceptors (Lipinski definition) is 4. The molecule has 2 aliphatic rings. The molecule has 3 heterocycles. The van der Waals surface area contributed by atoms with Crippen LogP contribution in [0.2, 0.25) is 0 Å². The number of carbonyl (C=O) groups is 1. The molecule has 28 heavy (non-hydrogen) atoms. The van der Waals surface area contributed by atoms with Crippen molar-refractivity contribution < 1.29 is 9.53 Å². The lowest BCUT2D eigenvalue weighted by atomic mass is 10.0. The second-order valence-electron chi connectivity index (χ2n) is 7.05. The summed E-state index contributed by atoms with van der Waals surface area (Å²) in [6.45, 7) is 1.28. The molecule has 5 nitrogen and oxygen atoms in total. The molecule has 0 fully saturated rings. The highest BCUT2D eigenvalue weighted by Gasteiger charge is 2.26. The summed E-state index contributed by atoms with van der Waals surface area (Å²) in [7, 11) is 0. The molecular weight excluding hydrogens is 370 g/mol. The molecule has 6 heteroatoms. The van der Waals surface area contributed by atoms with Crippen LogP contribution >= 0.6 is 11.8 Å². The molecule has 0 radical (unpaired) electrons. The van der Waals surface area contributed by atoms with Gasteiger partial charge in [-0.1, -0.05) is 48.2 Å². The zero-order chi connectivity index (χ0) is 18.9. The number of hydrogen-bond donors (Lipinski definition) is 1. The number of thioether (sulfide) groups is 1. The second-order valence-corrected chi connectivity index (χ2v) is 8.01. The Morgan fingerprint density at radius 1 is 1.04 bits per heavy atom. The van der Waals surface area contributed by atoms with Crippen LogP contribution in [0.1, 0.15) is 22.5 Å². The van der Waals surface area contributed by atoms with E-state index >= 15 is 0 Å². The predicted molar refractivity (Wildman–Crippen MR) is 110 cm³/mol. The fourth-order valence-corrected chi connectivity index (χ4v) is 4.66. The van der Waals surface area contributed by atoms with Crippen LogP contribution in [0.4, 0.5) is 11.4 Å². The van der Waals surface area contributed by atoms with Crippen molar-refractivity contribution in [2.75, 3.05) is 17.3 Å². The average molecular weight is 391 g/mol. The molecule has 0 spiro atoms. The SMILES string of the molecule is O=C(CSc1nc2c([nH]1)COCC2)N1c2ccccc2CCc2ccccc21. The minimum atomic E-state index is 0.0671. The first-order chi connectivity index (χ1) is 13.8. The summed E-state index contributed by atoms with van der Waals surface area (Å²) in [6, 6.07) is 16.4. The number of ether oxygens (including phenoxy) is 1. The molecule has 0 saturated heterocycles. The minimum absolute atomic E-state index is 0.0671. The number of carbonyl (C=O) groups excluding carboxylic acids is 1. The maximum atomic E-state index is 13.3. The van der Waals surface area contributed by atoms with Gasteiger partial charge in [0, 0.05) is 6.42 Å². The van der Waals surface area contributed by atoms with Gasteiger partial charge in [0.2, 0.25) is 5.91 Å². The summed E-state index contributed by atoms with van der Waals surface area (Å²) in [4.78, 5) is 23.1. The second kappa shape index (κ2) is 7.45. The molecule has 1 aromatic heterocycles. The van der Waals surface area contributed by atoms with E-state index in [1.165, 1.54) is 22.9 Å². The quantitative estimate of drug-likeness (QED) is 0.685. The lowest BCUT2D eigenvalue weighted by molar-refractivity contribution is -0.115. The summed E-state index contributed by atoms with van der Waals surface area (Å²) in [6.07, 6.45) is 2.71. The van der Waals surface area contributed by atoms with Crippen molar-refractivity contribution in [2.45, 2.75) is 31.0 Å². The van der Waals surface area contributed by atoms with E-state index in [-0.39, 0.29) is 5.91 Å². The number of aromatic nitrogens is 2. The van der Waals surface area contributed by atoms with Crippen LogP contribution in [-0.2, 0) is 35.4 Å². The summed E-state index contributed by atoms with van der Waals surface area (Å²) in [5.41, 5.74) is 6.50. The molecule has 5 rings (SSSR count). The van der Waals surface area contributed by atoms with Crippen molar-refractivity contribution in [1.82, 2.24) is 9.97 Å². The number of amides is 1. The number of rotatable bonds is 3. The van der Waals surface area contributed by atoms with Crippen LogP contribution in [0, 0.1) is 0 Å². The molecule has 0 saturated carbocycles. The Kier molecular flexibility index (Phi) is 4.66. The maximum absolute atomic E-state index is 13.3. The molecule has 2 aromatic carbocycles. The lowest BCUT2D eigenvalue weighted by Gasteiger charge is -2.24. The molecule has 142 valence electrons. The van der Waals surface area contributed by atoms with Crippen LogP contribution in [0.15, 0.2) is 53.7 Å². The van der Waals surface area contributed by atoms with Crippen LogP contribution in [0.3, 0.4) is 0 Å². The fourth-order valence-electron chi connectivity index (χ4n) is 3.90. The summed E-state index contributed by atoms with van der Waals surface area (Å²) < 4.78 is 5.47. The Bertz CT molecular complexity index is 959. The predicted octanol–water partition coefficient (Wildman–Crippen LogP) is 4.04. The number of H-pyrrole nitrogens is 1. The van der Waals surface area contributed by atoms with Gasteiger partial charge in [0.25, 0.3) is 0 Å². The number of nitrogens with zero attached hydrogens (tertiary/aromatic N) is 2. The number of fused-ring (bicyclic) bond motifs is 3. The largest absolute Gasteiger partial charge is 0.375 e. The fraction of sp³-hybridized carbons (Fsp3) is 0.273. The Morgan fingerprint density at radius 3 is 2.39 bits per heavy atom. The molecule has 0 atom stereocenters. The van der Waals surface area contributed by atoms with Gasteiger partial charge in [0.1, 0.15) is 0 Å². The van der Waals surface area contributed by atoms with Gasteiger partial charge < -0.3 is 9.72 Å². The first kappa shape index (κ1) is 17.5. The Hall–Kier alpha value is -2.57. The number of anilines is 2. The van der Waals surface area contributed by atoms with Crippen LogP contribution in [0.5, 0.6) is 0 Å². The molecular formula is C22H21N3O2S. The van der Waals surface area contributed by atoms with Gasteiger partial charge in [-0.05, 0) is 36.1 Å².